The van der Waals surface area contributed by atoms with E-state index in [-0.39, 0.29) is 11.7 Å². The van der Waals surface area contributed by atoms with Gasteiger partial charge in [-0.15, -0.1) is 0 Å². The van der Waals surface area contributed by atoms with Crippen LogP contribution in [0, 0.1) is 5.41 Å². The third-order valence-electron chi connectivity index (χ3n) is 4.47. The SMILES string of the molecule is CCCCC(CN)(CN)CCCCOC1CCCCO1. The predicted octanol–water partition coefficient (Wildman–Crippen LogP) is 2.79. The van der Waals surface area contributed by atoms with Gasteiger partial charge in [0.2, 0.25) is 0 Å². The van der Waals surface area contributed by atoms with Gasteiger partial charge < -0.3 is 20.9 Å². The van der Waals surface area contributed by atoms with Crippen LogP contribution in [0.1, 0.15) is 64.7 Å². The van der Waals surface area contributed by atoms with E-state index in [4.69, 9.17) is 20.9 Å². The summed E-state index contributed by atoms with van der Waals surface area (Å²) in [7, 11) is 0. The van der Waals surface area contributed by atoms with E-state index < -0.39 is 0 Å². The van der Waals surface area contributed by atoms with Crippen LogP contribution in [0.5, 0.6) is 0 Å². The molecule has 0 aromatic rings. The molecule has 4 N–H and O–H groups in total. The summed E-state index contributed by atoms with van der Waals surface area (Å²) in [6.45, 7) is 5.27. The lowest BCUT2D eigenvalue weighted by Gasteiger charge is -2.31. The fourth-order valence-electron chi connectivity index (χ4n) is 2.83. The third kappa shape index (κ3) is 6.53. The van der Waals surface area contributed by atoms with E-state index in [0.29, 0.717) is 13.1 Å². The fraction of sp³-hybridized carbons (Fsp3) is 1.00. The first-order chi connectivity index (χ1) is 9.76. The Morgan fingerprint density at radius 3 is 2.45 bits per heavy atom. The van der Waals surface area contributed by atoms with E-state index in [9.17, 15) is 0 Å². The lowest BCUT2D eigenvalue weighted by molar-refractivity contribution is -0.162. The molecule has 120 valence electrons. The van der Waals surface area contributed by atoms with Crippen LogP contribution in [0.2, 0.25) is 0 Å². The zero-order valence-corrected chi connectivity index (χ0v) is 13.2. The molecule has 1 heterocycles. The summed E-state index contributed by atoms with van der Waals surface area (Å²) in [4.78, 5) is 0. The highest BCUT2D eigenvalue weighted by Gasteiger charge is 2.25. The Balaban J connectivity index is 2.13. The second-order valence-electron chi connectivity index (χ2n) is 6.14. The molecule has 4 heteroatoms. The van der Waals surface area contributed by atoms with Crippen molar-refractivity contribution < 1.29 is 9.47 Å². The highest BCUT2D eigenvalue weighted by Crippen LogP contribution is 2.29. The van der Waals surface area contributed by atoms with Crippen LogP contribution in [-0.4, -0.2) is 32.6 Å². The molecule has 0 amide bonds. The molecule has 1 unspecified atom stereocenters. The maximum absolute atomic E-state index is 5.96. The monoisotopic (exact) mass is 286 g/mol. The van der Waals surface area contributed by atoms with Crippen molar-refractivity contribution in [2.45, 2.75) is 71.0 Å². The average Bonchev–Trinajstić information content (AvgIpc) is 2.51. The van der Waals surface area contributed by atoms with Gasteiger partial charge in [-0.3, -0.25) is 0 Å². The molecular weight excluding hydrogens is 252 g/mol. The van der Waals surface area contributed by atoms with Crippen molar-refractivity contribution >= 4 is 0 Å². The molecule has 1 atom stereocenters. The van der Waals surface area contributed by atoms with Crippen molar-refractivity contribution in [1.29, 1.82) is 0 Å². The molecular formula is C16H34N2O2. The Kier molecular flexibility index (Phi) is 9.44. The maximum Gasteiger partial charge on any atom is 0.157 e. The second kappa shape index (κ2) is 10.6. The van der Waals surface area contributed by atoms with Crippen molar-refractivity contribution in [2.75, 3.05) is 26.3 Å². The molecule has 0 saturated carbocycles. The largest absolute Gasteiger partial charge is 0.353 e. The quantitative estimate of drug-likeness (QED) is 0.573. The summed E-state index contributed by atoms with van der Waals surface area (Å²) in [6.07, 6.45) is 10.4. The van der Waals surface area contributed by atoms with E-state index in [0.717, 1.165) is 45.3 Å². The van der Waals surface area contributed by atoms with Crippen molar-refractivity contribution in [3.63, 3.8) is 0 Å². The van der Waals surface area contributed by atoms with E-state index >= 15 is 0 Å². The van der Waals surface area contributed by atoms with Crippen LogP contribution >= 0.6 is 0 Å². The van der Waals surface area contributed by atoms with E-state index in [1.807, 2.05) is 0 Å². The molecule has 0 aromatic carbocycles. The first-order valence-corrected chi connectivity index (χ1v) is 8.39. The second-order valence-corrected chi connectivity index (χ2v) is 6.14. The fourth-order valence-corrected chi connectivity index (χ4v) is 2.83. The van der Waals surface area contributed by atoms with Gasteiger partial charge in [0.05, 0.1) is 0 Å². The van der Waals surface area contributed by atoms with Crippen LogP contribution in [0.25, 0.3) is 0 Å². The number of rotatable bonds is 11. The number of nitrogens with two attached hydrogens (primary N) is 2. The summed E-state index contributed by atoms with van der Waals surface area (Å²) < 4.78 is 11.3. The van der Waals surface area contributed by atoms with Crippen molar-refractivity contribution in [3.8, 4) is 0 Å². The summed E-state index contributed by atoms with van der Waals surface area (Å²) in [5, 5.41) is 0. The minimum Gasteiger partial charge on any atom is -0.353 e. The summed E-state index contributed by atoms with van der Waals surface area (Å²) in [6, 6.07) is 0. The van der Waals surface area contributed by atoms with Gasteiger partial charge in [0, 0.05) is 13.2 Å². The summed E-state index contributed by atoms with van der Waals surface area (Å²) in [5.41, 5.74) is 12.1. The standard InChI is InChI=1S/C16H34N2O2/c1-2-3-9-16(13-17,14-18)10-5-7-12-20-15-8-4-6-11-19-15/h15H,2-14,17-18H2,1H3. The molecule has 1 aliphatic rings. The first kappa shape index (κ1) is 17.9. The molecule has 1 rings (SSSR count). The third-order valence-corrected chi connectivity index (χ3v) is 4.47. The van der Waals surface area contributed by atoms with Crippen molar-refractivity contribution in [1.82, 2.24) is 0 Å². The summed E-state index contributed by atoms with van der Waals surface area (Å²) in [5.74, 6) is 0. The number of hydrogen-bond donors (Lipinski definition) is 2. The molecule has 0 spiro atoms. The van der Waals surface area contributed by atoms with Gasteiger partial charge in [-0.25, -0.2) is 0 Å². The molecule has 0 bridgehead atoms. The number of hydrogen-bond acceptors (Lipinski definition) is 4. The minimum absolute atomic E-state index is 0.0395. The maximum atomic E-state index is 5.96. The molecule has 4 nitrogen and oxygen atoms in total. The number of unbranched alkanes of at least 4 members (excludes halogenated alkanes) is 2. The lowest BCUT2D eigenvalue weighted by atomic mass is 9.78. The van der Waals surface area contributed by atoms with Crippen LogP contribution in [0.4, 0.5) is 0 Å². The van der Waals surface area contributed by atoms with Gasteiger partial charge in [-0.05, 0) is 57.0 Å². The van der Waals surface area contributed by atoms with Crippen LogP contribution in [0.15, 0.2) is 0 Å². The van der Waals surface area contributed by atoms with E-state index in [1.54, 1.807) is 0 Å². The zero-order chi connectivity index (χ0) is 14.7. The van der Waals surface area contributed by atoms with Crippen molar-refractivity contribution in [3.05, 3.63) is 0 Å². The van der Waals surface area contributed by atoms with Crippen LogP contribution < -0.4 is 11.5 Å². The molecule has 0 aromatic heterocycles. The van der Waals surface area contributed by atoms with Crippen LogP contribution in [-0.2, 0) is 9.47 Å². The first-order valence-electron chi connectivity index (χ1n) is 8.39. The van der Waals surface area contributed by atoms with Gasteiger partial charge in [0.15, 0.2) is 6.29 Å². The summed E-state index contributed by atoms with van der Waals surface area (Å²) >= 11 is 0. The molecule has 0 aliphatic carbocycles. The van der Waals surface area contributed by atoms with Gasteiger partial charge in [-0.2, -0.15) is 0 Å². The van der Waals surface area contributed by atoms with E-state index in [2.05, 4.69) is 6.92 Å². The predicted molar refractivity (Wildman–Crippen MR) is 83.5 cm³/mol. The Morgan fingerprint density at radius 1 is 1.10 bits per heavy atom. The highest BCUT2D eigenvalue weighted by atomic mass is 16.7. The van der Waals surface area contributed by atoms with Gasteiger partial charge in [0.1, 0.15) is 0 Å². The number of ether oxygens (including phenoxy) is 2. The zero-order valence-electron chi connectivity index (χ0n) is 13.2. The van der Waals surface area contributed by atoms with Gasteiger partial charge in [0.25, 0.3) is 0 Å². The Morgan fingerprint density at radius 2 is 1.85 bits per heavy atom. The van der Waals surface area contributed by atoms with Crippen molar-refractivity contribution in [2.24, 2.45) is 16.9 Å². The van der Waals surface area contributed by atoms with Gasteiger partial charge >= 0.3 is 0 Å². The molecule has 1 saturated heterocycles. The molecule has 20 heavy (non-hydrogen) atoms. The molecule has 1 fully saturated rings. The lowest BCUT2D eigenvalue weighted by Crippen LogP contribution is -2.38. The molecule has 1 aliphatic heterocycles. The van der Waals surface area contributed by atoms with E-state index in [1.165, 1.54) is 25.7 Å². The smallest absolute Gasteiger partial charge is 0.157 e. The Hall–Kier alpha value is -0.160. The molecule has 0 radical (unpaired) electrons. The van der Waals surface area contributed by atoms with Crippen LogP contribution in [0.3, 0.4) is 0 Å². The Bertz CT molecular complexity index is 227. The Labute approximate surface area is 124 Å². The topological polar surface area (TPSA) is 70.5 Å². The highest BCUT2D eigenvalue weighted by molar-refractivity contribution is 4.81. The average molecular weight is 286 g/mol. The normalized spacial score (nSPS) is 20.2. The van der Waals surface area contributed by atoms with Gasteiger partial charge in [-0.1, -0.05) is 26.2 Å². The minimum atomic E-state index is 0.0395.